The first-order valence-electron chi connectivity index (χ1n) is 11.3. The molecule has 1 aromatic heterocycles. The number of hydrogen-bond donors (Lipinski definition) is 3. The largest absolute Gasteiger partial charge is 0.486 e. The van der Waals surface area contributed by atoms with Crippen LogP contribution in [0.15, 0.2) is 42.5 Å². The molecule has 3 aromatic rings. The molecule has 0 aliphatic carbocycles. The molecule has 2 aliphatic rings. The number of nitrogens with one attached hydrogen (secondary N) is 1. The van der Waals surface area contributed by atoms with E-state index in [1.54, 1.807) is 18.2 Å². The van der Waals surface area contributed by atoms with Gasteiger partial charge in [-0.1, -0.05) is 11.3 Å². The zero-order valence-electron chi connectivity index (χ0n) is 18.7. The van der Waals surface area contributed by atoms with E-state index in [1.165, 1.54) is 11.3 Å². The van der Waals surface area contributed by atoms with E-state index in [1.807, 2.05) is 12.1 Å². The topological polar surface area (TPSA) is 113 Å². The molecule has 2 aliphatic heterocycles. The summed E-state index contributed by atoms with van der Waals surface area (Å²) in [6, 6.07) is 13.3. The van der Waals surface area contributed by atoms with Crippen LogP contribution in [0.3, 0.4) is 0 Å². The molecule has 9 nitrogen and oxygen atoms in total. The van der Waals surface area contributed by atoms with Crippen molar-refractivity contribution in [1.29, 1.82) is 0 Å². The van der Waals surface area contributed by atoms with Crippen molar-refractivity contribution in [2.24, 2.45) is 0 Å². The van der Waals surface area contributed by atoms with Gasteiger partial charge in [0.2, 0.25) is 5.78 Å². The molecule has 0 saturated carbocycles. The van der Waals surface area contributed by atoms with Crippen LogP contribution in [0.5, 0.6) is 11.5 Å². The summed E-state index contributed by atoms with van der Waals surface area (Å²) < 4.78 is 11.1. The van der Waals surface area contributed by atoms with E-state index in [2.05, 4.69) is 32.2 Å². The number of anilines is 4. The molecule has 0 amide bonds. The Kier molecular flexibility index (Phi) is 6.52. The Morgan fingerprint density at radius 3 is 2.53 bits per heavy atom. The van der Waals surface area contributed by atoms with E-state index in [0.29, 0.717) is 40.3 Å². The van der Waals surface area contributed by atoms with Gasteiger partial charge in [-0.3, -0.25) is 9.69 Å². The van der Waals surface area contributed by atoms with Crippen LogP contribution in [-0.4, -0.2) is 73.3 Å². The number of carbonyl (C=O) groups excluding carboxylic acids is 1. The third-order valence-electron chi connectivity index (χ3n) is 5.94. The average Bonchev–Trinajstić information content (AvgIpc) is 3.24. The van der Waals surface area contributed by atoms with Crippen molar-refractivity contribution in [2.75, 3.05) is 68.5 Å². The van der Waals surface area contributed by atoms with Gasteiger partial charge in [-0.05, 0) is 42.5 Å². The van der Waals surface area contributed by atoms with Crippen LogP contribution >= 0.6 is 11.3 Å². The summed E-state index contributed by atoms with van der Waals surface area (Å²) in [6.07, 6.45) is 0. The smallest absolute Gasteiger partial charge is 0.206 e. The zero-order chi connectivity index (χ0) is 23.5. The molecule has 178 valence electrons. The second-order valence-corrected chi connectivity index (χ2v) is 9.14. The van der Waals surface area contributed by atoms with Crippen molar-refractivity contribution in [3.63, 3.8) is 0 Å². The highest BCUT2D eigenvalue weighted by Gasteiger charge is 2.21. The lowest BCUT2D eigenvalue weighted by molar-refractivity contribution is 0.104. The quantitative estimate of drug-likeness (QED) is 0.438. The molecule has 1 saturated heterocycles. The number of ketones is 1. The third kappa shape index (κ3) is 4.79. The van der Waals surface area contributed by atoms with E-state index in [-0.39, 0.29) is 18.2 Å². The molecular weight excluding hydrogens is 454 g/mol. The van der Waals surface area contributed by atoms with Gasteiger partial charge in [0, 0.05) is 49.7 Å². The minimum absolute atomic E-state index is 0.198. The Bertz CT molecular complexity index is 1160. The molecule has 0 bridgehead atoms. The Hall–Kier alpha value is -3.34. The number of carbonyl (C=O) groups is 1. The van der Waals surface area contributed by atoms with Gasteiger partial charge in [-0.25, -0.2) is 4.98 Å². The highest BCUT2D eigenvalue weighted by Crippen LogP contribution is 2.34. The number of thiazole rings is 1. The number of rotatable bonds is 7. The van der Waals surface area contributed by atoms with Crippen LogP contribution in [-0.2, 0) is 0 Å². The number of hydrogen-bond acceptors (Lipinski definition) is 10. The number of nitrogens with zero attached hydrogens (tertiary/aromatic N) is 3. The van der Waals surface area contributed by atoms with E-state index >= 15 is 0 Å². The summed E-state index contributed by atoms with van der Waals surface area (Å²) in [4.78, 5) is 22.4. The minimum Gasteiger partial charge on any atom is -0.486 e. The number of β-amino-alcohol motifs (C(OH)–C–C–N with tert-alkyl or cyclic N) is 1. The maximum atomic E-state index is 13.0. The van der Waals surface area contributed by atoms with Crippen LogP contribution < -0.4 is 25.4 Å². The molecule has 10 heteroatoms. The van der Waals surface area contributed by atoms with Crippen molar-refractivity contribution in [3.8, 4) is 11.5 Å². The molecule has 4 N–H and O–H groups in total. The second-order valence-electron chi connectivity index (χ2n) is 8.15. The highest BCUT2D eigenvalue weighted by atomic mass is 32.1. The average molecular weight is 482 g/mol. The summed E-state index contributed by atoms with van der Waals surface area (Å²) in [5.41, 5.74) is 8.59. The summed E-state index contributed by atoms with van der Waals surface area (Å²) in [6.45, 7) is 5.64. The normalized spacial score (nSPS) is 15.9. The van der Waals surface area contributed by atoms with Crippen molar-refractivity contribution in [1.82, 2.24) is 9.88 Å². The van der Waals surface area contributed by atoms with Crippen LogP contribution in [0.25, 0.3) is 0 Å². The summed E-state index contributed by atoms with van der Waals surface area (Å²) >= 11 is 1.23. The van der Waals surface area contributed by atoms with Crippen LogP contribution in [0.2, 0.25) is 0 Å². The molecule has 3 heterocycles. The minimum atomic E-state index is -0.198. The van der Waals surface area contributed by atoms with Crippen molar-refractivity contribution < 1.29 is 19.4 Å². The van der Waals surface area contributed by atoms with Gasteiger partial charge in [-0.2, -0.15) is 0 Å². The molecule has 0 spiro atoms. The van der Waals surface area contributed by atoms with E-state index in [4.69, 9.17) is 20.3 Å². The molecule has 1 fully saturated rings. The molecule has 5 rings (SSSR count). The number of nitrogens with two attached hydrogens (primary N) is 1. The lowest BCUT2D eigenvalue weighted by Crippen LogP contribution is -2.47. The van der Waals surface area contributed by atoms with Crippen LogP contribution in [0.1, 0.15) is 15.2 Å². The number of benzene rings is 2. The van der Waals surface area contributed by atoms with Gasteiger partial charge < -0.3 is 30.5 Å². The summed E-state index contributed by atoms with van der Waals surface area (Å²) in [5, 5.41) is 12.9. The number of aromatic nitrogens is 1. The Labute approximate surface area is 201 Å². The monoisotopic (exact) mass is 481 g/mol. The zero-order valence-corrected chi connectivity index (χ0v) is 19.5. The van der Waals surface area contributed by atoms with Crippen LogP contribution in [0, 0.1) is 0 Å². The van der Waals surface area contributed by atoms with E-state index in [9.17, 15) is 4.79 Å². The van der Waals surface area contributed by atoms with E-state index in [0.717, 1.165) is 44.1 Å². The maximum Gasteiger partial charge on any atom is 0.206 e. The number of aliphatic hydroxyl groups is 1. The SMILES string of the molecule is Nc1nc(Nc2ccc(N3CCN(CCO)CC3)cc2)sc1C(=O)c1ccc2c(c1)OCCO2. The standard InChI is InChI=1S/C24H27N5O4S/c25-23-22(21(31)16-1-6-19-20(15-16)33-14-13-32-19)34-24(27-23)26-17-2-4-18(5-3-17)29-9-7-28(8-10-29)11-12-30/h1-6,15,30H,7-14,25H2,(H,26,27). The molecule has 0 atom stereocenters. The fourth-order valence-corrected chi connectivity index (χ4v) is 4.98. The van der Waals surface area contributed by atoms with Crippen molar-refractivity contribution in [2.45, 2.75) is 0 Å². The van der Waals surface area contributed by atoms with Crippen LogP contribution in [0.4, 0.5) is 22.3 Å². The Balaban J connectivity index is 1.24. The first-order chi connectivity index (χ1) is 16.6. The van der Waals surface area contributed by atoms with Gasteiger partial charge in [0.1, 0.15) is 23.9 Å². The predicted molar refractivity (Wildman–Crippen MR) is 133 cm³/mol. The number of piperazine rings is 1. The first kappa shape index (κ1) is 22.5. The maximum absolute atomic E-state index is 13.0. The van der Waals surface area contributed by atoms with Gasteiger partial charge in [-0.15, -0.1) is 0 Å². The summed E-state index contributed by atoms with van der Waals surface area (Å²) in [7, 11) is 0. The van der Waals surface area contributed by atoms with Gasteiger partial charge in [0.25, 0.3) is 0 Å². The fraction of sp³-hybridized carbons (Fsp3) is 0.333. The molecule has 34 heavy (non-hydrogen) atoms. The molecule has 0 unspecified atom stereocenters. The second kappa shape index (κ2) is 9.88. The van der Waals surface area contributed by atoms with Crippen molar-refractivity contribution >= 4 is 39.4 Å². The lowest BCUT2D eigenvalue weighted by Gasteiger charge is -2.35. The molecular formula is C24H27N5O4S. The highest BCUT2D eigenvalue weighted by molar-refractivity contribution is 7.18. The lowest BCUT2D eigenvalue weighted by atomic mass is 10.1. The summed E-state index contributed by atoms with van der Waals surface area (Å²) in [5.74, 6) is 1.20. The number of ether oxygens (including phenoxy) is 2. The van der Waals surface area contributed by atoms with Gasteiger partial charge >= 0.3 is 0 Å². The number of nitrogen functional groups attached to an aromatic ring is 1. The van der Waals surface area contributed by atoms with Gasteiger partial charge in [0.15, 0.2) is 16.6 Å². The molecule has 2 aromatic carbocycles. The molecule has 0 radical (unpaired) electrons. The first-order valence-corrected chi connectivity index (χ1v) is 12.1. The number of aliphatic hydroxyl groups excluding tert-OH is 1. The Morgan fingerprint density at radius 2 is 1.79 bits per heavy atom. The van der Waals surface area contributed by atoms with Gasteiger partial charge in [0.05, 0.1) is 6.61 Å². The fourth-order valence-electron chi connectivity index (χ4n) is 4.11. The number of fused-ring (bicyclic) bond motifs is 1. The predicted octanol–water partition coefficient (Wildman–Crippen LogP) is 2.59. The third-order valence-corrected chi connectivity index (χ3v) is 6.92. The van der Waals surface area contributed by atoms with E-state index < -0.39 is 0 Å². The van der Waals surface area contributed by atoms with Crippen molar-refractivity contribution in [3.05, 3.63) is 52.9 Å². The Morgan fingerprint density at radius 1 is 1.06 bits per heavy atom.